The van der Waals surface area contributed by atoms with Gasteiger partial charge in [0.1, 0.15) is 17.6 Å². The first kappa shape index (κ1) is 20.2. The molecule has 2 unspecified atom stereocenters. The van der Waals surface area contributed by atoms with Crippen LogP contribution >= 0.6 is 11.3 Å². The molecule has 0 bridgehead atoms. The number of rotatable bonds is 4. The van der Waals surface area contributed by atoms with Gasteiger partial charge in [0.05, 0.1) is 17.5 Å². The zero-order valence-electron chi connectivity index (χ0n) is 18.3. The molecule has 8 heteroatoms. The molecule has 0 amide bonds. The minimum Gasteiger partial charge on any atom is -0.495 e. The van der Waals surface area contributed by atoms with E-state index in [-0.39, 0.29) is 0 Å². The molecule has 1 fully saturated rings. The minimum atomic E-state index is 0.459. The second-order valence-corrected chi connectivity index (χ2v) is 9.59. The van der Waals surface area contributed by atoms with E-state index in [9.17, 15) is 0 Å². The van der Waals surface area contributed by atoms with Crippen LogP contribution < -0.4 is 15.8 Å². The van der Waals surface area contributed by atoms with Crippen molar-refractivity contribution < 1.29 is 4.74 Å². The summed E-state index contributed by atoms with van der Waals surface area (Å²) in [6.07, 6.45) is 1.54. The van der Waals surface area contributed by atoms with Gasteiger partial charge in [-0.05, 0) is 49.9 Å². The van der Waals surface area contributed by atoms with Crippen molar-refractivity contribution in [3.63, 3.8) is 0 Å². The second-order valence-electron chi connectivity index (χ2n) is 8.54. The van der Waals surface area contributed by atoms with Crippen molar-refractivity contribution in [2.24, 2.45) is 0 Å². The fraction of sp³-hybridized carbons (Fsp3) is 0.391. The third kappa shape index (κ3) is 3.54. The Morgan fingerprint density at radius 1 is 1.26 bits per heavy atom. The van der Waals surface area contributed by atoms with E-state index >= 15 is 0 Å². The van der Waals surface area contributed by atoms with Gasteiger partial charge >= 0.3 is 0 Å². The monoisotopic (exact) mass is 436 g/mol. The minimum absolute atomic E-state index is 0.459. The standard InChI is InChI=1S/C23H28N6OS/c1-13-5-16-7-20(31-22(16)19(6-13)30-4)18-8-17(29-21(18)23(24)26-12-27-29)11-28-10-14(2)25-9-15(28)3/h5-8,12,14-15,25H,9-11H2,1-4H3,(H2,24,26,27). The molecule has 0 radical (unpaired) electrons. The summed E-state index contributed by atoms with van der Waals surface area (Å²) >= 11 is 1.72. The topological polar surface area (TPSA) is 80.7 Å². The summed E-state index contributed by atoms with van der Waals surface area (Å²) in [4.78, 5) is 7.93. The van der Waals surface area contributed by atoms with Crippen LogP contribution in [0.15, 0.2) is 30.6 Å². The number of thiophene rings is 1. The van der Waals surface area contributed by atoms with Crippen LogP contribution in [-0.4, -0.2) is 51.8 Å². The summed E-state index contributed by atoms with van der Waals surface area (Å²) in [7, 11) is 1.72. The highest BCUT2D eigenvalue weighted by molar-refractivity contribution is 7.22. The largest absolute Gasteiger partial charge is 0.495 e. The third-order valence-electron chi connectivity index (χ3n) is 6.13. The number of fused-ring (bicyclic) bond motifs is 2. The van der Waals surface area contributed by atoms with Crippen molar-refractivity contribution in [1.82, 2.24) is 24.8 Å². The highest BCUT2D eigenvalue weighted by Gasteiger charge is 2.25. The fourth-order valence-corrected chi connectivity index (χ4v) is 5.66. The van der Waals surface area contributed by atoms with E-state index in [0.29, 0.717) is 17.9 Å². The zero-order valence-corrected chi connectivity index (χ0v) is 19.2. The molecule has 1 aliphatic heterocycles. The van der Waals surface area contributed by atoms with E-state index in [1.165, 1.54) is 17.3 Å². The summed E-state index contributed by atoms with van der Waals surface area (Å²) in [5.74, 6) is 1.40. The Morgan fingerprint density at radius 3 is 2.90 bits per heavy atom. The van der Waals surface area contributed by atoms with Crippen LogP contribution in [0.5, 0.6) is 5.75 Å². The van der Waals surface area contributed by atoms with E-state index in [0.717, 1.165) is 51.7 Å². The van der Waals surface area contributed by atoms with Crippen LogP contribution in [0.25, 0.3) is 26.0 Å². The number of nitrogens with zero attached hydrogens (tertiary/aromatic N) is 4. The molecule has 4 aromatic rings. The molecule has 1 aromatic carbocycles. The maximum Gasteiger partial charge on any atom is 0.152 e. The molecule has 1 aliphatic rings. The number of nitrogen functional groups attached to an aromatic ring is 1. The number of ether oxygens (including phenoxy) is 1. The molecule has 7 nitrogen and oxygen atoms in total. The quantitative estimate of drug-likeness (QED) is 0.508. The number of piperazine rings is 1. The van der Waals surface area contributed by atoms with Gasteiger partial charge in [-0.15, -0.1) is 11.3 Å². The molecule has 2 atom stereocenters. The van der Waals surface area contributed by atoms with Crippen molar-refractivity contribution in [1.29, 1.82) is 0 Å². The second kappa shape index (κ2) is 7.78. The summed E-state index contributed by atoms with van der Waals surface area (Å²) < 4.78 is 8.74. The Hall–Kier alpha value is -2.68. The van der Waals surface area contributed by atoms with Crippen molar-refractivity contribution in [2.45, 2.75) is 39.4 Å². The predicted octanol–water partition coefficient (Wildman–Crippen LogP) is 3.69. The van der Waals surface area contributed by atoms with Crippen LogP contribution in [0.2, 0.25) is 0 Å². The lowest BCUT2D eigenvalue weighted by atomic mass is 10.1. The molecule has 162 valence electrons. The molecule has 1 saturated heterocycles. The van der Waals surface area contributed by atoms with Crippen molar-refractivity contribution >= 4 is 32.8 Å². The highest BCUT2D eigenvalue weighted by atomic mass is 32.1. The van der Waals surface area contributed by atoms with Crippen LogP contribution in [0, 0.1) is 6.92 Å². The van der Waals surface area contributed by atoms with Gasteiger partial charge in [-0.1, -0.05) is 6.07 Å². The SMILES string of the molecule is COc1cc(C)cc2cc(-c3cc(CN4CC(C)NCC4C)n4ncnc(N)c34)sc12. The molecular formula is C23H28N6OS. The van der Waals surface area contributed by atoms with Gasteiger partial charge in [-0.25, -0.2) is 9.50 Å². The van der Waals surface area contributed by atoms with E-state index in [2.05, 4.69) is 65.3 Å². The number of benzene rings is 1. The van der Waals surface area contributed by atoms with Gasteiger partial charge in [0.15, 0.2) is 5.82 Å². The number of nitrogens with two attached hydrogens (primary N) is 1. The van der Waals surface area contributed by atoms with Crippen LogP contribution in [0.1, 0.15) is 25.1 Å². The normalized spacial score (nSPS) is 20.0. The Balaban J connectivity index is 1.64. The first-order valence-electron chi connectivity index (χ1n) is 10.6. The van der Waals surface area contributed by atoms with E-state index in [1.807, 2.05) is 4.52 Å². The summed E-state index contributed by atoms with van der Waals surface area (Å²) in [6.45, 7) is 9.39. The van der Waals surface area contributed by atoms with Crippen molar-refractivity contribution in [3.8, 4) is 16.2 Å². The Morgan fingerprint density at radius 2 is 2.10 bits per heavy atom. The molecule has 5 rings (SSSR count). The van der Waals surface area contributed by atoms with Gasteiger partial charge in [0.2, 0.25) is 0 Å². The summed E-state index contributed by atoms with van der Waals surface area (Å²) in [6, 6.07) is 9.65. The molecule has 4 heterocycles. The van der Waals surface area contributed by atoms with Crippen LogP contribution in [0.4, 0.5) is 5.82 Å². The first-order chi connectivity index (χ1) is 14.9. The van der Waals surface area contributed by atoms with E-state index in [1.54, 1.807) is 18.4 Å². The maximum atomic E-state index is 6.35. The molecule has 0 aliphatic carbocycles. The number of nitrogens with one attached hydrogen (secondary N) is 1. The van der Waals surface area contributed by atoms with Crippen LogP contribution in [0.3, 0.4) is 0 Å². The predicted molar refractivity (Wildman–Crippen MR) is 127 cm³/mol. The van der Waals surface area contributed by atoms with Gasteiger partial charge in [-0.2, -0.15) is 5.10 Å². The van der Waals surface area contributed by atoms with E-state index < -0.39 is 0 Å². The number of aromatic nitrogens is 3. The number of aryl methyl sites for hydroxylation is 1. The summed E-state index contributed by atoms with van der Waals surface area (Å²) in [5.41, 5.74) is 10.6. The summed E-state index contributed by atoms with van der Waals surface area (Å²) in [5, 5.41) is 9.29. The molecule has 0 spiro atoms. The van der Waals surface area contributed by atoms with Gasteiger partial charge in [0.25, 0.3) is 0 Å². The Labute approximate surface area is 185 Å². The molecule has 31 heavy (non-hydrogen) atoms. The van der Waals surface area contributed by atoms with Gasteiger partial charge in [-0.3, -0.25) is 4.90 Å². The van der Waals surface area contributed by atoms with Gasteiger partial charge < -0.3 is 15.8 Å². The molecule has 3 N–H and O–H groups in total. The maximum absolute atomic E-state index is 6.35. The third-order valence-corrected chi connectivity index (χ3v) is 7.33. The first-order valence-corrected chi connectivity index (χ1v) is 11.4. The highest BCUT2D eigenvalue weighted by Crippen LogP contribution is 2.42. The number of anilines is 1. The van der Waals surface area contributed by atoms with Crippen LogP contribution in [-0.2, 0) is 6.54 Å². The number of methoxy groups -OCH3 is 1. The number of hydrogen-bond acceptors (Lipinski definition) is 7. The zero-order chi connectivity index (χ0) is 21.7. The Bertz CT molecular complexity index is 1260. The molecule has 0 saturated carbocycles. The van der Waals surface area contributed by atoms with E-state index in [4.69, 9.17) is 10.5 Å². The lowest BCUT2D eigenvalue weighted by Gasteiger charge is -2.37. The average Bonchev–Trinajstić information content (AvgIpc) is 3.32. The molecule has 3 aromatic heterocycles. The van der Waals surface area contributed by atoms with Crippen molar-refractivity contribution in [3.05, 3.63) is 41.9 Å². The van der Waals surface area contributed by atoms with Crippen molar-refractivity contribution in [2.75, 3.05) is 25.9 Å². The average molecular weight is 437 g/mol. The lowest BCUT2D eigenvalue weighted by Crippen LogP contribution is -2.53. The van der Waals surface area contributed by atoms with Gasteiger partial charge in [0, 0.05) is 42.2 Å². The molecular weight excluding hydrogens is 408 g/mol. The Kier molecular flexibility index (Phi) is 5.08. The fourth-order valence-electron chi connectivity index (χ4n) is 4.51. The smallest absolute Gasteiger partial charge is 0.152 e. The number of hydrogen-bond donors (Lipinski definition) is 2. The lowest BCUT2D eigenvalue weighted by molar-refractivity contribution is 0.136.